The smallest absolute Gasteiger partial charge is 0.290 e. The Kier molecular flexibility index (Phi) is 7.78. The summed E-state index contributed by atoms with van der Waals surface area (Å²) in [7, 11) is 0. The normalized spacial score (nSPS) is 23.6. The predicted molar refractivity (Wildman–Crippen MR) is 123 cm³/mol. The number of likely N-dealkylation sites (tertiary alicyclic amines) is 1. The second-order valence-corrected chi connectivity index (χ2v) is 8.95. The number of carboxylic acid groups (broad SMARTS) is 1. The zero-order valence-corrected chi connectivity index (χ0v) is 19.8. The monoisotopic (exact) mass is 475 g/mol. The lowest BCUT2D eigenvalue weighted by molar-refractivity contribution is -0.203. The predicted octanol–water partition coefficient (Wildman–Crippen LogP) is 1.25. The van der Waals surface area contributed by atoms with Gasteiger partial charge in [-0.05, 0) is 51.7 Å². The van der Waals surface area contributed by atoms with E-state index in [4.69, 9.17) is 14.6 Å². The maximum Gasteiger partial charge on any atom is 0.290 e. The number of piperidine rings is 1. The van der Waals surface area contributed by atoms with Gasteiger partial charge in [0, 0.05) is 37.2 Å². The fourth-order valence-electron chi connectivity index (χ4n) is 4.83. The summed E-state index contributed by atoms with van der Waals surface area (Å²) in [6.45, 7) is 6.90. The largest absolute Gasteiger partial charge is 0.483 e. The molecule has 2 saturated heterocycles. The Balaban J connectivity index is 0.00000103. The van der Waals surface area contributed by atoms with E-state index in [0.717, 1.165) is 17.7 Å². The second kappa shape index (κ2) is 10.4. The number of aromatic nitrogens is 3. The number of nitrogens with one attached hydrogen (secondary N) is 3. The summed E-state index contributed by atoms with van der Waals surface area (Å²) in [5, 5.41) is 28.3. The summed E-state index contributed by atoms with van der Waals surface area (Å²) in [6, 6.07) is 3.46. The fraction of sp³-hybridized carbons (Fsp3) is 0.565. The number of ether oxygens (including phenoxy) is 1. The minimum atomic E-state index is -0.885. The number of rotatable bonds is 4. The number of amides is 2. The summed E-state index contributed by atoms with van der Waals surface area (Å²) >= 11 is 0. The van der Waals surface area contributed by atoms with Crippen LogP contribution in [0.4, 0.5) is 0 Å². The number of carbonyl (C=O) groups is 3. The number of carbonyl (C=O) groups excluding carboxylic acids is 2. The molecule has 2 aromatic heterocycles. The lowest BCUT2D eigenvalue weighted by Crippen LogP contribution is -2.69. The van der Waals surface area contributed by atoms with Crippen LogP contribution in [0.5, 0.6) is 0 Å². The lowest BCUT2D eigenvalue weighted by Gasteiger charge is -2.53. The number of nitrogens with zero attached hydrogens (tertiary/aromatic N) is 2. The standard InChI is InChI=1S/C22H31N5O4.CH2O2/c1-4-15-14(2)17(26-25-15)19(29)27-11-7-22(8-12-27)20(30)21(3,9-13-31-22)24-18(28)16-6-5-10-23-16;2-1-3/h5-6,10,20,23,30H,4,7-9,11-13H2,1-3H3,(H,24,28)(H,25,26);1H,(H,2,3)/t20-,21+;/m1./s1. The quantitative estimate of drug-likeness (QED) is 0.416. The van der Waals surface area contributed by atoms with Crippen molar-refractivity contribution >= 4 is 18.3 Å². The number of aromatic amines is 2. The van der Waals surface area contributed by atoms with Crippen molar-refractivity contribution in [1.29, 1.82) is 0 Å². The number of aryl methyl sites for hydroxylation is 1. The van der Waals surface area contributed by atoms with E-state index in [1.165, 1.54) is 0 Å². The summed E-state index contributed by atoms with van der Waals surface area (Å²) in [5.41, 5.74) is 1.16. The lowest BCUT2D eigenvalue weighted by atomic mass is 9.73. The number of aliphatic hydroxyl groups excluding tert-OH is 1. The third-order valence-electron chi connectivity index (χ3n) is 6.92. The Labute approximate surface area is 197 Å². The molecule has 2 aliphatic heterocycles. The summed E-state index contributed by atoms with van der Waals surface area (Å²) < 4.78 is 6.10. The van der Waals surface area contributed by atoms with Gasteiger partial charge in [0.15, 0.2) is 5.69 Å². The van der Waals surface area contributed by atoms with Gasteiger partial charge in [0.05, 0.1) is 11.1 Å². The van der Waals surface area contributed by atoms with Gasteiger partial charge < -0.3 is 30.2 Å². The molecule has 1 spiro atoms. The van der Waals surface area contributed by atoms with Crippen molar-refractivity contribution in [3.63, 3.8) is 0 Å². The average Bonchev–Trinajstić information content (AvgIpc) is 3.48. The van der Waals surface area contributed by atoms with Crippen molar-refractivity contribution in [2.24, 2.45) is 0 Å². The molecule has 0 radical (unpaired) electrons. The first kappa shape index (κ1) is 25.4. The van der Waals surface area contributed by atoms with Crippen LogP contribution in [-0.2, 0) is 16.0 Å². The molecule has 186 valence electrons. The van der Waals surface area contributed by atoms with E-state index < -0.39 is 17.2 Å². The topological polar surface area (TPSA) is 161 Å². The summed E-state index contributed by atoms with van der Waals surface area (Å²) in [5.74, 6) is -0.353. The first-order valence-corrected chi connectivity index (χ1v) is 11.4. The first-order chi connectivity index (χ1) is 16.2. The van der Waals surface area contributed by atoms with Gasteiger partial charge in [-0.15, -0.1) is 0 Å². The van der Waals surface area contributed by atoms with Crippen LogP contribution in [-0.4, -0.2) is 85.5 Å². The molecule has 0 aromatic carbocycles. The van der Waals surface area contributed by atoms with E-state index in [-0.39, 0.29) is 18.3 Å². The van der Waals surface area contributed by atoms with Crippen molar-refractivity contribution in [2.45, 2.75) is 63.7 Å². The highest BCUT2D eigenvalue weighted by Gasteiger charge is 2.54. The molecule has 2 fully saturated rings. The number of hydrogen-bond acceptors (Lipinski definition) is 6. The van der Waals surface area contributed by atoms with Gasteiger partial charge in [-0.1, -0.05) is 6.92 Å². The Hall–Kier alpha value is -3.18. The van der Waals surface area contributed by atoms with Crippen LogP contribution in [0.1, 0.15) is 65.3 Å². The van der Waals surface area contributed by atoms with Crippen LogP contribution < -0.4 is 5.32 Å². The van der Waals surface area contributed by atoms with Crippen LogP contribution in [0.2, 0.25) is 0 Å². The maximum absolute atomic E-state index is 13.0. The van der Waals surface area contributed by atoms with E-state index in [2.05, 4.69) is 20.5 Å². The van der Waals surface area contributed by atoms with Crippen LogP contribution in [0, 0.1) is 6.92 Å². The minimum Gasteiger partial charge on any atom is -0.483 e. The van der Waals surface area contributed by atoms with Crippen LogP contribution in [0.15, 0.2) is 18.3 Å². The van der Waals surface area contributed by atoms with Gasteiger partial charge in [-0.2, -0.15) is 5.10 Å². The van der Waals surface area contributed by atoms with Crippen LogP contribution in [0.25, 0.3) is 0 Å². The van der Waals surface area contributed by atoms with Crippen molar-refractivity contribution < 1.29 is 29.3 Å². The molecule has 2 aliphatic rings. The number of H-pyrrole nitrogens is 2. The molecule has 2 atom stereocenters. The van der Waals surface area contributed by atoms with Gasteiger partial charge in [0.2, 0.25) is 0 Å². The highest BCUT2D eigenvalue weighted by Crippen LogP contribution is 2.40. The molecule has 34 heavy (non-hydrogen) atoms. The molecule has 0 unspecified atom stereocenters. The van der Waals surface area contributed by atoms with Crippen molar-refractivity contribution in [3.8, 4) is 0 Å². The van der Waals surface area contributed by atoms with E-state index in [0.29, 0.717) is 50.3 Å². The van der Waals surface area contributed by atoms with Gasteiger partial charge in [0.25, 0.3) is 18.3 Å². The molecule has 0 aliphatic carbocycles. The molecule has 4 rings (SSSR count). The Morgan fingerprint density at radius 1 is 1.35 bits per heavy atom. The van der Waals surface area contributed by atoms with Crippen LogP contribution >= 0.6 is 0 Å². The fourth-order valence-corrected chi connectivity index (χ4v) is 4.83. The first-order valence-electron chi connectivity index (χ1n) is 11.4. The molecule has 2 amide bonds. The van der Waals surface area contributed by atoms with Crippen molar-refractivity contribution in [2.75, 3.05) is 19.7 Å². The third kappa shape index (κ3) is 4.85. The molecule has 5 N–H and O–H groups in total. The Bertz CT molecular complexity index is 996. The average molecular weight is 476 g/mol. The Morgan fingerprint density at radius 3 is 2.59 bits per heavy atom. The number of aliphatic hydroxyl groups is 1. The molecule has 0 saturated carbocycles. The van der Waals surface area contributed by atoms with Crippen molar-refractivity contribution in [1.82, 2.24) is 25.4 Å². The maximum atomic E-state index is 13.0. The zero-order chi connectivity index (χ0) is 24.9. The van der Waals surface area contributed by atoms with Gasteiger partial charge in [-0.25, -0.2) is 0 Å². The highest BCUT2D eigenvalue weighted by molar-refractivity contribution is 5.94. The minimum absolute atomic E-state index is 0.101. The molecule has 4 heterocycles. The molecule has 11 heteroatoms. The molecule has 11 nitrogen and oxygen atoms in total. The molecule has 0 bridgehead atoms. The molecular weight excluding hydrogens is 442 g/mol. The van der Waals surface area contributed by atoms with Crippen LogP contribution in [0.3, 0.4) is 0 Å². The van der Waals surface area contributed by atoms with Gasteiger partial charge >= 0.3 is 0 Å². The SMILES string of the molecule is CCc1[nH]nc(C(=O)N2CCC3(CC2)OCC[C@](C)(NC(=O)c2ccc[nH]2)[C@H]3O)c1C.O=CO. The van der Waals surface area contributed by atoms with E-state index >= 15 is 0 Å². The molecular formula is C23H33N5O6. The summed E-state index contributed by atoms with van der Waals surface area (Å²) in [6.07, 6.45) is 3.11. The van der Waals surface area contributed by atoms with Crippen molar-refractivity contribution in [3.05, 3.63) is 41.0 Å². The summed E-state index contributed by atoms with van der Waals surface area (Å²) in [4.78, 5) is 38.6. The third-order valence-corrected chi connectivity index (χ3v) is 6.92. The number of hydrogen-bond donors (Lipinski definition) is 5. The van der Waals surface area contributed by atoms with E-state index in [9.17, 15) is 14.7 Å². The zero-order valence-electron chi connectivity index (χ0n) is 19.8. The van der Waals surface area contributed by atoms with Gasteiger partial charge in [-0.3, -0.25) is 19.5 Å². The van der Waals surface area contributed by atoms with Gasteiger partial charge in [0.1, 0.15) is 11.8 Å². The molecule has 2 aromatic rings. The second-order valence-electron chi connectivity index (χ2n) is 8.95. The Morgan fingerprint density at radius 2 is 2.03 bits per heavy atom. The van der Waals surface area contributed by atoms with E-state index in [1.54, 1.807) is 23.2 Å². The highest BCUT2D eigenvalue weighted by atomic mass is 16.5. The van der Waals surface area contributed by atoms with E-state index in [1.807, 2.05) is 20.8 Å².